The lowest BCUT2D eigenvalue weighted by Gasteiger charge is -2.22. The van der Waals surface area contributed by atoms with E-state index in [0.29, 0.717) is 11.3 Å². The molecule has 4 heteroatoms. The number of rotatable bonds is 6. The molecule has 2 nitrogen and oxygen atoms in total. The van der Waals surface area contributed by atoms with Crippen molar-refractivity contribution in [1.29, 1.82) is 0 Å². The zero-order valence-electron chi connectivity index (χ0n) is 12.0. The van der Waals surface area contributed by atoms with Crippen LogP contribution in [0.2, 0.25) is 0 Å². The van der Waals surface area contributed by atoms with Crippen LogP contribution in [0.5, 0.6) is 5.75 Å². The van der Waals surface area contributed by atoms with E-state index in [2.05, 4.69) is 23.7 Å². The maximum absolute atomic E-state index is 14.1. The molecule has 2 aromatic rings. The Morgan fingerprint density at radius 2 is 2.15 bits per heavy atom. The predicted molar refractivity (Wildman–Crippen MR) is 81.9 cm³/mol. The van der Waals surface area contributed by atoms with Gasteiger partial charge in [0.25, 0.3) is 0 Å². The molecule has 1 aromatic heterocycles. The summed E-state index contributed by atoms with van der Waals surface area (Å²) in [7, 11) is 1.54. The zero-order valence-corrected chi connectivity index (χ0v) is 12.8. The highest BCUT2D eigenvalue weighted by molar-refractivity contribution is 7.10. The van der Waals surface area contributed by atoms with Gasteiger partial charge < -0.3 is 10.1 Å². The monoisotopic (exact) mass is 293 g/mol. The Hall–Kier alpha value is -1.39. The first kappa shape index (κ1) is 15.0. The average molecular weight is 293 g/mol. The molecular weight excluding hydrogens is 273 g/mol. The van der Waals surface area contributed by atoms with Gasteiger partial charge in [0.15, 0.2) is 0 Å². The van der Waals surface area contributed by atoms with Crippen molar-refractivity contribution >= 4 is 11.3 Å². The number of nitrogens with one attached hydrogen (secondary N) is 1. The van der Waals surface area contributed by atoms with Crippen LogP contribution in [0.3, 0.4) is 0 Å². The van der Waals surface area contributed by atoms with Gasteiger partial charge in [-0.05, 0) is 30.9 Å². The minimum atomic E-state index is -0.231. The summed E-state index contributed by atoms with van der Waals surface area (Å²) in [6.45, 7) is 4.12. The summed E-state index contributed by atoms with van der Waals surface area (Å²) in [6, 6.07) is 9.38. The maximum Gasteiger partial charge on any atom is 0.131 e. The van der Waals surface area contributed by atoms with E-state index in [1.807, 2.05) is 13.0 Å². The van der Waals surface area contributed by atoms with Crippen LogP contribution in [0.1, 0.15) is 42.8 Å². The molecule has 1 heterocycles. The first-order valence-corrected chi connectivity index (χ1v) is 7.66. The summed E-state index contributed by atoms with van der Waals surface area (Å²) in [5.41, 5.74) is 0.667. The Bertz CT molecular complexity index is 541. The van der Waals surface area contributed by atoms with Gasteiger partial charge in [-0.2, -0.15) is 0 Å². The molecular formula is C16H20FNOS. The Kier molecular flexibility index (Phi) is 5.15. The van der Waals surface area contributed by atoms with Crippen LogP contribution in [-0.2, 0) is 0 Å². The normalized spacial score (nSPS) is 14.0. The van der Waals surface area contributed by atoms with Crippen LogP contribution in [0, 0.1) is 5.82 Å². The van der Waals surface area contributed by atoms with Crippen molar-refractivity contribution < 1.29 is 9.13 Å². The summed E-state index contributed by atoms with van der Waals surface area (Å²) in [5.74, 6) is 0.314. The Morgan fingerprint density at radius 1 is 1.35 bits per heavy atom. The summed E-state index contributed by atoms with van der Waals surface area (Å²) in [6.07, 6.45) is 0.975. The van der Waals surface area contributed by atoms with E-state index in [0.717, 1.165) is 6.42 Å². The third kappa shape index (κ3) is 3.38. The molecule has 0 aliphatic carbocycles. The standard InChI is InChI=1S/C16H20FNOS/c1-4-15(16-6-5-9-20-16)18-11(2)13-8-7-12(19-3)10-14(13)17/h5-11,15,18H,4H2,1-3H3. The molecule has 0 radical (unpaired) electrons. The van der Waals surface area contributed by atoms with E-state index in [4.69, 9.17) is 4.74 Å². The topological polar surface area (TPSA) is 21.3 Å². The molecule has 0 bridgehead atoms. The third-order valence-corrected chi connectivity index (χ3v) is 4.41. The van der Waals surface area contributed by atoms with Gasteiger partial charge >= 0.3 is 0 Å². The van der Waals surface area contributed by atoms with Gasteiger partial charge in [0, 0.05) is 28.6 Å². The van der Waals surface area contributed by atoms with E-state index in [-0.39, 0.29) is 17.9 Å². The molecule has 1 aromatic carbocycles. The number of ether oxygens (including phenoxy) is 1. The molecule has 2 atom stereocenters. The van der Waals surface area contributed by atoms with Crippen LogP contribution < -0.4 is 10.1 Å². The molecule has 108 valence electrons. The van der Waals surface area contributed by atoms with Gasteiger partial charge in [-0.1, -0.05) is 19.1 Å². The highest BCUT2D eigenvalue weighted by Gasteiger charge is 2.17. The second-order valence-corrected chi connectivity index (χ2v) is 5.73. The highest BCUT2D eigenvalue weighted by atomic mass is 32.1. The van der Waals surface area contributed by atoms with Crippen LogP contribution >= 0.6 is 11.3 Å². The molecule has 0 saturated carbocycles. The third-order valence-electron chi connectivity index (χ3n) is 3.42. The maximum atomic E-state index is 14.1. The smallest absolute Gasteiger partial charge is 0.131 e. The van der Waals surface area contributed by atoms with Crippen molar-refractivity contribution in [3.05, 3.63) is 52.0 Å². The van der Waals surface area contributed by atoms with Gasteiger partial charge in [-0.25, -0.2) is 4.39 Å². The Morgan fingerprint density at radius 3 is 2.70 bits per heavy atom. The van der Waals surface area contributed by atoms with E-state index in [1.165, 1.54) is 10.9 Å². The summed E-state index contributed by atoms with van der Waals surface area (Å²) in [5, 5.41) is 5.56. The Labute approximate surface area is 123 Å². The van der Waals surface area contributed by atoms with Crippen LogP contribution in [0.15, 0.2) is 35.7 Å². The summed E-state index contributed by atoms with van der Waals surface area (Å²) >= 11 is 1.73. The van der Waals surface area contributed by atoms with E-state index >= 15 is 0 Å². The number of halogens is 1. The van der Waals surface area contributed by atoms with E-state index in [1.54, 1.807) is 30.6 Å². The molecule has 0 spiro atoms. The molecule has 0 amide bonds. The lowest BCUT2D eigenvalue weighted by atomic mass is 10.0. The molecule has 2 unspecified atom stereocenters. The molecule has 0 saturated heterocycles. The van der Waals surface area contributed by atoms with Crippen LogP contribution in [0.4, 0.5) is 4.39 Å². The highest BCUT2D eigenvalue weighted by Crippen LogP contribution is 2.27. The van der Waals surface area contributed by atoms with Gasteiger partial charge in [0.1, 0.15) is 11.6 Å². The minimum Gasteiger partial charge on any atom is -0.497 e. The number of hydrogen-bond donors (Lipinski definition) is 1. The first-order chi connectivity index (χ1) is 9.65. The van der Waals surface area contributed by atoms with Crippen molar-refractivity contribution in [2.24, 2.45) is 0 Å². The molecule has 0 aliphatic heterocycles. The number of hydrogen-bond acceptors (Lipinski definition) is 3. The SMILES string of the molecule is CCC(NC(C)c1ccc(OC)cc1F)c1cccs1. The lowest BCUT2D eigenvalue weighted by Crippen LogP contribution is -2.24. The molecule has 1 N–H and O–H groups in total. The quantitative estimate of drug-likeness (QED) is 0.833. The van der Waals surface area contributed by atoms with Crippen molar-refractivity contribution in [2.45, 2.75) is 32.4 Å². The number of thiophene rings is 1. The van der Waals surface area contributed by atoms with Gasteiger partial charge in [-0.3, -0.25) is 0 Å². The second-order valence-electron chi connectivity index (χ2n) is 4.75. The molecule has 0 fully saturated rings. The first-order valence-electron chi connectivity index (χ1n) is 6.78. The van der Waals surface area contributed by atoms with Gasteiger partial charge in [0.2, 0.25) is 0 Å². The van der Waals surface area contributed by atoms with Crippen LogP contribution in [-0.4, -0.2) is 7.11 Å². The summed E-state index contributed by atoms with van der Waals surface area (Å²) in [4.78, 5) is 1.29. The number of benzene rings is 1. The summed E-state index contributed by atoms with van der Waals surface area (Å²) < 4.78 is 19.1. The number of methoxy groups -OCH3 is 1. The largest absolute Gasteiger partial charge is 0.497 e. The second kappa shape index (κ2) is 6.86. The zero-order chi connectivity index (χ0) is 14.5. The van der Waals surface area contributed by atoms with Gasteiger partial charge in [0.05, 0.1) is 7.11 Å². The lowest BCUT2D eigenvalue weighted by molar-refractivity contribution is 0.407. The van der Waals surface area contributed by atoms with Crippen molar-refractivity contribution in [1.82, 2.24) is 5.32 Å². The van der Waals surface area contributed by atoms with E-state index < -0.39 is 0 Å². The van der Waals surface area contributed by atoms with Gasteiger partial charge in [-0.15, -0.1) is 11.3 Å². The fraction of sp³-hybridized carbons (Fsp3) is 0.375. The van der Waals surface area contributed by atoms with Crippen molar-refractivity contribution in [3.63, 3.8) is 0 Å². The Balaban J connectivity index is 2.13. The minimum absolute atomic E-state index is 0.0482. The average Bonchev–Trinajstić information content (AvgIpc) is 2.98. The predicted octanol–water partition coefficient (Wildman–Crippen LogP) is 4.70. The van der Waals surface area contributed by atoms with E-state index in [9.17, 15) is 4.39 Å². The van der Waals surface area contributed by atoms with Crippen molar-refractivity contribution in [2.75, 3.05) is 7.11 Å². The molecule has 2 rings (SSSR count). The fourth-order valence-electron chi connectivity index (χ4n) is 2.27. The molecule has 0 aliphatic rings. The fourth-order valence-corrected chi connectivity index (χ4v) is 3.14. The van der Waals surface area contributed by atoms with Crippen molar-refractivity contribution in [3.8, 4) is 5.75 Å². The molecule has 20 heavy (non-hydrogen) atoms. The van der Waals surface area contributed by atoms with Crippen LogP contribution in [0.25, 0.3) is 0 Å².